The van der Waals surface area contributed by atoms with Crippen molar-refractivity contribution in [2.24, 2.45) is 0 Å². The van der Waals surface area contributed by atoms with Crippen LogP contribution >= 0.6 is 11.6 Å². The molecule has 0 radical (unpaired) electrons. The van der Waals surface area contributed by atoms with E-state index in [1.165, 1.54) is 33.5 Å². The second-order valence-electron chi connectivity index (χ2n) is 5.70. The van der Waals surface area contributed by atoms with Gasteiger partial charge in [0.05, 0.1) is 39.2 Å². The van der Waals surface area contributed by atoms with E-state index < -0.39 is 5.97 Å². The highest BCUT2D eigenvalue weighted by atomic mass is 35.5. The Labute approximate surface area is 168 Å². The number of nitrogens with one attached hydrogen (secondary N) is 1. The molecular weight excluding hydrogens is 386 g/mol. The number of hydrogen-bond acceptors (Lipinski definition) is 6. The fraction of sp³-hybridized carbons (Fsp3) is 0.300. The summed E-state index contributed by atoms with van der Waals surface area (Å²) >= 11 is 5.82. The van der Waals surface area contributed by atoms with Gasteiger partial charge >= 0.3 is 5.97 Å². The van der Waals surface area contributed by atoms with Gasteiger partial charge in [0.2, 0.25) is 5.91 Å². The summed E-state index contributed by atoms with van der Waals surface area (Å²) in [6.07, 6.45) is 0.706. The molecule has 0 aliphatic rings. The van der Waals surface area contributed by atoms with E-state index in [2.05, 4.69) is 5.32 Å². The molecule has 0 unspecified atom stereocenters. The Balaban J connectivity index is 1.97. The van der Waals surface area contributed by atoms with E-state index in [9.17, 15) is 9.59 Å². The minimum atomic E-state index is -0.595. The number of carbonyl (C=O) groups excluding carboxylic acids is 2. The van der Waals surface area contributed by atoms with Crippen LogP contribution in [0, 0.1) is 0 Å². The number of ether oxygens (including phenoxy) is 4. The summed E-state index contributed by atoms with van der Waals surface area (Å²) in [5.41, 5.74) is 0.457. The van der Waals surface area contributed by atoms with Crippen LogP contribution in [0.25, 0.3) is 0 Å². The number of benzene rings is 2. The lowest BCUT2D eigenvalue weighted by Crippen LogP contribution is -2.16. The van der Waals surface area contributed by atoms with Gasteiger partial charge in [-0.05, 0) is 30.7 Å². The molecular formula is C20H22ClNO6. The molecule has 0 saturated heterocycles. The van der Waals surface area contributed by atoms with Gasteiger partial charge in [-0.1, -0.05) is 11.6 Å². The van der Waals surface area contributed by atoms with E-state index in [-0.39, 0.29) is 23.6 Å². The summed E-state index contributed by atoms with van der Waals surface area (Å²) in [5, 5.41) is 3.34. The zero-order chi connectivity index (χ0) is 20.5. The maximum absolute atomic E-state index is 12.3. The summed E-state index contributed by atoms with van der Waals surface area (Å²) in [6.45, 7) is 0.366. The fourth-order valence-electron chi connectivity index (χ4n) is 2.43. The first-order valence-corrected chi connectivity index (χ1v) is 8.88. The molecule has 0 atom stereocenters. The van der Waals surface area contributed by atoms with Gasteiger partial charge in [-0.25, -0.2) is 4.79 Å². The van der Waals surface area contributed by atoms with Gasteiger partial charge in [0.15, 0.2) is 11.5 Å². The molecule has 0 saturated carbocycles. The Morgan fingerprint density at radius 1 is 1.00 bits per heavy atom. The van der Waals surface area contributed by atoms with E-state index in [1.807, 2.05) is 0 Å². The molecule has 150 valence electrons. The second-order valence-corrected chi connectivity index (χ2v) is 6.13. The molecule has 28 heavy (non-hydrogen) atoms. The number of carbonyl (C=O) groups is 2. The summed E-state index contributed by atoms with van der Waals surface area (Å²) in [5.74, 6) is 0.561. The lowest BCUT2D eigenvalue weighted by atomic mass is 10.1. The Morgan fingerprint density at radius 3 is 2.25 bits per heavy atom. The molecule has 1 N–H and O–H groups in total. The minimum Gasteiger partial charge on any atom is -0.494 e. The van der Waals surface area contributed by atoms with Crippen LogP contribution in [0.3, 0.4) is 0 Å². The molecule has 0 aliphatic heterocycles. The smallest absolute Gasteiger partial charge is 0.340 e. The molecule has 0 aromatic heterocycles. The third-order valence-corrected chi connectivity index (χ3v) is 4.09. The highest BCUT2D eigenvalue weighted by Crippen LogP contribution is 2.33. The van der Waals surface area contributed by atoms with Crippen LogP contribution < -0.4 is 19.5 Å². The number of hydrogen-bond donors (Lipinski definition) is 1. The standard InChI is InChI=1S/C20H22ClNO6/c1-25-17-11-15(20(24)27-3)16(12-18(17)26-2)22-19(23)5-4-10-28-14-8-6-13(21)7-9-14/h6-9,11-12H,4-5,10H2,1-3H3,(H,22,23). The molecule has 0 bridgehead atoms. The Kier molecular flexibility index (Phi) is 7.95. The van der Waals surface area contributed by atoms with Crippen molar-refractivity contribution in [2.45, 2.75) is 12.8 Å². The zero-order valence-electron chi connectivity index (χ0n) is 15.9. The zero-order valence-corrected chi connectivity index (χ0v) is 16.7. The largest absolute Gasteiger partial charge is 0.494 e. The maximum Gasteiger partial charge on any atom is 0.340 e. The second kappa shape index (κ2) is 10.4. The molecule has 0 aliphatic carbocycles. The topological polar surface area (TPSA) is 83.1 Å². The number of esters is 1. The van der Waals surface area contributed by atoms with Crippen LogP contribution in [-0.4, -0.2) is 39.8 Å². The quantitative estimate of drug-likeness (QED) is 0.500. The summed E-state index contributed by atoms with van der Waals surface area (Å²) < 4.78 is 20.7. The van der Waals surface area contributed by atoms with Gasteiger partial charge in [-0.2, -0.15) is 0 Å². The molecule has 0 spiro atoms. The third-order valence-electron chi connectivity index (χ3n) is 3.83. The molecule has 7 nitrogen and oxygen atoms in total. The van der Waals surface area contributed by atoms with Crippen molar-refractivity contribution in [3.05, 3.63) is 47.0 Å². The third kappa shape index (κ3) is 5.79. The minimum absolute atomic E-state index is 0.172. The Bertz CT molecular complexity index is 822. The van der Waals surface area contributed by atoms with E-state index in [0.717, 1.165) is 0 Å². The van der Waals surface area contributed by atoms with E-state index in [0.29, 0.717) is 35.3 Å². The SMILES string of the molecule is COC(=O)c1cc(OC)c(OC)cc1NC(=O)CCCOc1ccc(Cl)cc1. The van der Waals surface area contributed by atoms with Gasteiger partial charge in [-0.3, -0.25) is 4.79 Å². The van der Waals surface area contributed by atoms with Crippen molar-refractivity contribution in [2.75, 3.05) is 33.3 Å². The van der Waals surface area contributed by atoms with E-state index >= 15 is 0 Å². The number of anilines is 1. The average Bonchev–Trinajstić information content (AvgIpc) is 2.71. The van der Waals surface area contributed by atoms with Gasteiger partial charge < -0.3 is 24.3 Å². The lowest BCUT2D eigenvalue weighted by molar-refractivity contribution is -0.116. The molecule has 2 aromatic carbocycles. The van der Waals surface area contributed by atoms with Gasteiger partial charge in [0, 0.05) is 23.6 Å². The molecule has 0 fully saturated rings. The fourth-order valence-corrected chi connectivity index (χ4v) is 2.55. The Hall–Kier alpha value is -2.93. The summed E-state index contributed by atoms with van der Waals surface area (Å²) in [7, 11) is 4.19. The summed E-state index contributed by atoms with van der Waals surface area (Å²) in [4.78, 5) is 24.3. The van der Waals surface area contributed by atoms with Crippen LogP contribution in [-0.2, 0) is 9.53 Å². The molecule has 2 rings (SSSR count). The molecule has 2 aromatic rings. The highest BCUT2D eigenvalue weighted by Gasteiger charge is 2.19. The van der Waals surface area contributed by atoms with Gasteiger partial charge in [-0.15, -0.1) is 0 Å². The number of halogens is 1. The lowest BCUT2D eigenvalue weighted by Gasteiger charge is -2.14. The monoisotopic (exact) mass is 407 g/mol. The number of amides is 1. The van der Waals surface area contributed by atoms with Crippen molar-refractivity contribution in [1.29, 1.82) is 0 Å². The van der Waals surface area contributed by atoms with Crippen LogP contribution in [0.2, 0.25) is 5.02 Å². The molecule has 0 heterocycles. The van der Waals surface area contributed by atoms with E-state index in [4.69, 9.17) is 30.5 Å². The first-order valence-electron chi connectivity index (χ1n) is 8.51. The number of methoxy groups -OCH3 is 3. The first kappa shape index (κ1) is 21.4. The first-order chi connectivity index (χ1) is 13.5. The van der Waals surface area contributed by atoms with Crippen molar-refractivity contribution in [3.8, 4) is 17.2 Å². The van der Waals surface area contributed by atoms with Crippen LogP contribution in [0.1, 0.15) is 23.2 Å². The van der Waals surface area contributed by atoms with Crippen LogP contribution in [0.5, 0.6) is 17.2 Å². The van der Waals surface area contributed by atoms with Crippen molar-refractivity contribution >= 4 is 29.2 Å². The van der Waals surface area contributed by atoms with Crippen molar-refractivity contribution < 1.29 is 28.5 Å². The van der Waals surface area contributed by atoms with Crippen molar-refractivity contribution in [3.63, 3.8) is 0 Å². The predicted molar refractivity (Wildman–Crippen MR) is 106 cm³/mol. The van der Waals surface area contributed by atoms with E-state index in [1.54, 1.807) is 24.3 Å². The average molecular weight is 408 g/mol. The van der Waals surface area contributed by atoms with Crippen molar-refractivity contribution in [1.82, 2.24) is 0 Å². The number of rotatable bonds is 9. The summed E-state index contributed by atoms with van der Waals surface area (Å²) in [6, 6.07) is 9.96. The predicted octanol–water partition coefficient (Wildman–Crippen LogP) is 3.94. The van der Waals surface area contributed by atoms with Crippen LogP contribution in [0.4, 0.5) is 5.69 Å². The molecule has 1 amide bonds. The van der Waals surface area contributed by atoms with Gasteiger partial charge in [0.1, 0.15) is 5.75 Å². The Morgan fingerprint density at radius 2 is 1.64 bits per heavy atom. The highest BCUT2D eigenvalue weighted by molar-refractivity contribution is 6.30. The van der Waals surface area contributed by atoms with Gasteiger partial charge in [0.25, 0.3) is 0 Å². The van der Waals surface area contributed by atoms with Crippen LogP contribution in [0.15, 0.2) is 36.4 Å². The molecule has 8 heteroatoms. The maximum atomic E-state index is 12.3. The normalized spacial score (nSPS) is 10.1.